The van der Waals surface area contributed by atoms with Gasteiger partial charge in [0.05, 0.1) is 11.5 Å². The monoisotopic (exact) mass is 328 g/mol. The van der Waals surface area contributed by atoms with Gasteiger partial charge < -0.3 is 10.1 Å². The van der Waals surface area contributed by atoms with Crippen molar-refractivity contribution in [2.75, 3.05) is 26.8 Å². The average molecular weight is 328 g/mol. The highest BCUT2D eigenvalue weighted by molar-refractivity contribution is 7.89. The summed E-state index contributed by atoms with van der Waals surface area (Å²) in [4.78, 5) is 12.2. The molecule has 0 saturated carbocycles. The Kier molecular flexibility index (Phi) is 6.99. The third-order valence-electron chi connectivity index (χ3n) is 3.04. The highest BCUT2D eigenvalue weighted by atomic mass is 32.2. The van der Waals surface area contributed by atoms with E-state index in [9.17, 15) is 13.2 Å². The maximum Gasteiger partial charge on any atom is 0.251 e. The van der Waals surface area contributed by atoms with E-state index in [1.165, 1.54) is 12.1 Å². The van der Waals surface area contributed by atoms with Gasteiger partial charge in [0.25, 0.3) is 5.91 Å². The van der Waals surface area contributed by atoms with Gasteiger partial charge in [-0.05, 0) is 30.5 Å². The van der Waals surface area contributed by atoms with Crippen LogP contribution in [0.15, 0.2) is 23.1 Å². The first kappa shape index (κ1) is 18.6. The lowest BCUT2D eigenvalue weighted by Gasteiger charge is -2.12. The Balaban J connectivity index is 2.96. The average Bonchev–Trinajstić information content (AvgIpc) is 2.45. The zero-order valence-corrected chi connectivity index (χ0v) is 14.3. The summed E-state index contributed by atoms with van der Waals surface area (Å²) in [7, 11) is -2.06. The summed E-state index contributed by atoms with van der Waals surface area (Å²) in [6.07, 6.45) is 0. The van der Waals surface area contributed by atoms with Crippen LogP contribution < -0.4 is 10.0 Å². The minimum absolute atomic E-state index is 0.0932. The lowest BCUT2D eigenvalue weighted by atomic mass is 10.1. The Hall–Kier alpha value is -1.44. The number of aryl methyl sites for hydroxylation is 1. The van der Waals surface area contributed by atoms with Gasteiger partial charge in [0.15, 0.2) is 0 Å². The molecule has 0 spiro atoms. The Bertz CT molecular complexity index is 612. The van der Waals surface area contributed by atoms with Crippen LogP contribution in [0.4, 0.5) is 0 Å². The van der Waals surface area contributed by atoms with Crippen molar-refractivity contribution >= 4 is 15.9 Å². The third-order valence-corrected chi connectivity index (χ3v) is 4.46. The number of hydrogen-bond acceptors (Lipinski definition) is 4. The molecule has 0 bridgehead atoms. The summed E-state index contributed by atoms with van der Waals surface area (Å²) in [5.41, 5.74) is 1.07. The van der Waals surface area contributed by atoms with Crippen LogP contribution in [-0.2, 0) is 14.8 Å². The zero-order chi connectivity index (χ0) is 16.8. The summed E-state index contributed by atoms with van der Waals surface area (Å²) in [6.45, 7) is 6.74. The molecular weight excluding hydrogens is 304 g/mol. The van der Waals surface area contributed by atoms with E-state index in [-0.39, 0.29) is 16.7 Å². The number of methoxy groups -OCH3 is 1. The molecule has 0 radical (unpaired) electrons. The van der Waals surface area contributed by atoms with Crippen LogP contribution in [0.5, 0.6) is 0 Å². The minimum Gasteiger partial charge on any atom is -0.383 e. The standard InChI is InChI=1S/C15H24N2O4S/c1-11(2)10-17-22(19,20)13-6-5-12(3)14(9-13)15(18)16-7-8-21-4/h5-6,9,11,17H,7-8,10H2,1-4H3,(H,16,18). The SMILES string of the molecule is COCCNC(=O)c1cc(S(=O)(=O)NCC(C)C)ccc1C. The van der Waals surface area contributed by atoms with Gasteiger partial charge >= 0.3 is 0 Å². The highest BCUT2D eigenvalue weighted by Gasteiger charge is 2.18. The molecule has 124 valence electrons. The molecule has 0 aliphatic heterocycles. The van der Waals surface area contributed by atoms with Crippen LogP contribution in [0, 0.1) is 12.8 Å². The summed E-state index contributed by atoms with van der Waals surface area (Å²) < 4.78 is 31.8. The van der Waals surface area contributed by atoms with E-state index in [0.29, 0.717) is 25.3 Å². The number of amides is 1. The number of carbonyl (C=O) groups is 1. The van der Waals surface area contributed by atoms with Crippen LogP contribution in [0.2, 0.25) is 0 Å². The van der Waals surface area contributed by atoms with E-state index in [0.717, 1.165) is 5.56 Å². The lowest BCUT2D eigenvalue weighted by molar-refractivity contribution is 0.0936. The first-order chi connectivity index (χ1) is 10.3. The Morgan fingerprint density at radius 2 is 2.00 bits per heavy atom. The topological polar surface area (TPSA) is 84.5 Å². The molecule has 7 heteroatoms. The molecule has 0 aliphatic carbocycles. The molecule has 0 unspecified atom stereocenters. The van der Waals surface area contributed by atoms with Gasteiger partial charge in [-0.3, -0.25) is 4.79 Å². The molecule has 0 aliphatic rings. The van der Waals surface area contributed by atoms with Gasteiger partial charge in [0.2, 0.25) is 10.0 Å². The minimum atomic E-state index is -3.61. The van der Waals surface area contributed by atoms with Gasteiger partial charge in [0, 0.05) is 25.8 Å². The number of hydrogen-bond donors (Lipinski definition) is 2. The molecule has 1 aromatic rings. The predicted octanol–water partition coefficient (Wildman–Crippen LogP) is 1.31. The van der Waals surface area contributed by atoms with Gasteiger partial charge in [0.1, 0.15) is 0 Å². The largest absolute Gasteiger partial charge is 0.383 e. The van der Waals surface area contributed by atoms with Crippen molar-refractivity contribution < 1.29 is 17.9 Å². The van der Waals surface area contributed by atoms with Crippen molar-refractivity contribution in [3.05, 3.63) is 29.3 Å². The fraction of sp³-hybridized carbons (Fsp3) is 0.533. The maximum absolute atomic E-state index is 12.2. The number of rotatable bonds is 8. The van der Waals surface area contributed by atoms with Crippen LogP contribution in [0.25, 0.3) is 0 Å². The summed E-state index contributed by atoms with van der Waals surface area (Å²) in [5.74, 6) is -0.104. The predicted molar refractivity (Wildman–Crippen MR) is 85.4 cm³/mol. The van der Waals surface area contributed by atoms with E-state index >= 15 is 0 Å². The fourth-order valence-corrected chi connectivity index (χ4v) is 2.97. The van der Waals surface area contributed by atoms with Crippen LogP contribution in [0.3, 0.4) is 0 Å². The van der Waals surface area contributed by atoms with Gasteiger partial charge in [-0.15, -0.1) is 0 Å². The molecule has 2 N–H and O–H groups in total. The maximum atomic E-state index is 12.2. The van der Waals surface area contributed by atoms with Crippen molar-refractivity contribution in [3.63, 3.8) is 0 Å². The van der Waals surface area contributed by atoms with E-state index in [2.05, 4.69) is 10.0 Å². The second kappa shape index (κ2) is 8.26. The van der Waals surface area contributed by atoms with E-state index in [1.807, 2.05) is 13.8 Å². The molecule has 0 atom stereocenters. The number of nitrogens with one attached hydrogen (secondary N) is 2. The van der Waals surface area contributed by atoms with Crippen LogP contribution in [0.1, 0.15) is 29.8 Å². The smallest absolute Gasteiger partial charge is 0.251 e. The summed E-state index contributed by atoms with van der Waals surface area (Å²) in [5, 5.41) is 2.69. The Morgan fingerprint density at radius 1 is 1.32 bits per heavy atom. The second-order valence-electron chi connectivity index (χ2n) is 5.47. The molecule has 0 saturated heterocycles. The molecular formula is C15H24N2O4S. The second-order valence-corrected chi connectivity index (χ2v) is 7.24. The van der Waals surface area contributed by atoms with E-state index < -0.39 is 10.0 Å². The molecule has 0 fully saturated rings. The van der Waals surface area contributed by atoms with Crippen molar-refractivity contribution in [2.45, 2.75) is 25.7 Å². The van der Waals surface area contributed by atoms with Crippen molar-refractivity contribution in [3.8, 4) is 0 Å². The zero-order valence-electron chi connectivity index (χ0n) is 13.5. The first-order valence-corrected chi connectivity index (χ1v) is 8.63. The highest BCUT2D eigenvalue weighted by Crippen LogP contribution is 2.16. The molecule has 1 amide bonds. The van der Waals surface area contributed by atoms with E-state index in [4.69, 9.17) is 4.74 Å². The Labute approximate surface area is 132 Å². The molecule has 1 aromatic carbocycles. The molecule has 0 heterocycles. The fourth-order valence-electron chi connectivity index (χ4n) is 1.73. The summed E-state index contributed by atoms with van der Waals surface area (Å²) in [6, 6.07) is 4.54. The van der Waals surface area contributed by atoms with Gasteiger partial charge in [-0.2, -0.15) is 0 Å². The molecule has 22 heavy (non-hydrogen) atoms. The lowest BCUT2D eigenvalue weighted by Crippen LogP contribution is -2.29. The number of carbonyl (C=O) groups excluding carboxylic acids is 1. The number of sulfonamides is 1. The quantitative estimate of drug-likeness (QED) is 0.705. The third kappa shape index (κ3) is 5.40. The first-order valence-electron chi connectivity index (χ1n) is 7.15. The van der Waals surface area contributed by atoms with Crippen molar-refractivity contribution in [2.24, 2.45) is 5.92 Å². The number of benzene rings is 1. The van der Waals surface area contributed by atoms with Crippen molar-refractivity contribution in [1.82, 2.24) is 10.0 Å². The van der Waals surface area contributed by atoms with Gasteiger partial charge in [-0.25, -0.2) is 13.1 Å². The normalized spacial score (nSPS) is 11.7. The van der Waals surface area contributed by atoms with Crippen molar-refractivity contribution in [1.29, 1.82) is 0 Å². The van der Waals surface area contributed by atoms with Crippen LogP contribution >= 0.6 is 0 Å². The molecule has 6 nitrogen and oxygen atoms in total. The molecule has 0 aromatic heterocycles. The molecule has 1 rings (SSSR count). The van der Waals surface area contributed by atoms with E-state index in [1.54, 1.807) is 20.1 Å². The van der Waals surface area contributed by atoms with Crippen LogP contribution in [-0.4, -0.2) is 41.1 Å². The summed E-state index contributed by atoms with van der Waals surface area (Å²) >= 11 is 0. The van der Waals surface area contributed by atoms with Gasteiger partial charge in [-0.1, -0.05) is 19.9 Å². The number of ether oxygens (including phenoxy) is 1. The Morgan fingerprint density at radius 3 is 2.59 bits per heavy atom.